The maximum Gasteiger partial charge on any atom is 0.425 e. The van der Waals surface area contributed by atoms with Crippen molar-refractivity contribution in [3.63, 3.8) is 0 Å². The molecule has 3 N–H and O–H groups in total. The van der Waals surface area contributed by atoms with Gasteiger partial charge in [0.05, 0.1) is 11.6 Å². The van der Waals surface area contributed by atoms with Crippen molar-refractivity contribution >= 4 is 28.4 Å². The van der Waals surface area contributed by atoms with Gasteiger partial charge in [-0.25, -0.2) is 14.8 Å². The van der Waals surface area contributed by atoms with Crippen LogP contribution in [0.2, 0.25) is 0 Å². The molecule has 0 spiro atoms. The largest absolute Gasteiger partial charge is 0.458 e. The topological polar surface area (TPSA) is 120 Å². The molecule has 3 aromatic rings. The van der Waals surface area contributed by atoms with Crippen LogP contribution < -0.4 is 11.1 Å². The van der Waals surface area contributed by atoms with E-state index in [1.807, 2.05) is 0 Å². The van der Waals surface area contributed by atoms with Crippen molar-refractivity contribution in [3.8, 4) is 0 Å². The number of hydrogen-bond donors (Lipinski definition) is 2. The van der Waals surface area contributed by atoms with Crippen LogP contribution in [0.4, 0.5) is 13.2 Å². The second-order valence-electron chi connectivity index (χ2n) is 7.32. The molecule has 3 rings (SSSR count). The fourth-order valence-corrected chi connectivity index (χ4v) is 3.01. The number of amides is 1. The van der Waals surface area contributed by atoms with Crippen LogP contribution in [0.1, 0.15) is 47.4 Å². The van der Waals surface area contributed by atoms with Gasteiger partial charge in [-0.05, 0) is 50.6 Å². The molecule has 0 aliphatic rings. The fraction of sp³-hybridized carbons (Fsp3) is 0.273. The summed E-state index contributed by atoms with van der Waals surface area (Å²) < 4.78 is 48.7. The lowest BCUT2D eigenvalue weighted by Crippen LogP contribution is -2.31. The maximum atomic E-state index is 12.8. The Bertz CT molecular complexity index is 1210. The molecular weight excluding hydrogens is 441 g/mol. The number of nitrogens with zero attached hydrogens (tertiary/aromatic N) is 2. The Morgan fingerprint density at radius 1 is 1.18 bits per heavy atom. The van der Waals surface area contributed by atoms with E-state index in [9.17, 15) is 22.8 Å². The Balaban J connectivity index is 1.86. The molecule has 0 bridgehead atoms. The van der Waals surface area contributed by atoms with Crippen LogP contribution in [0.25, 0.3) is 16.5 Å². The zero-order valence-corrected chi connectivity index (χ0v) is 17.9. The third kappa shape index (κ3) is 5.30. The van der Waals surface area contributed by atoms with Crippen LogP contribution in [-0.2, 0) is 9.53 Å². The van der Waals surface area contributed by atoms with E-state index in [1.165, 1.54) is 18.5 Å². The number of nitrogens with one attached hydrogen (secondary N) is 1. The second kappa shape index (κ2) is 9.31. The molecule has 2 heterocycles. The summed E-state index contributed by atoms with van der Waals surface area (Å²) in [4.78, 5) is 33.1. The van der Waals surface area contributed by atoms with Crippen molar-refractivity contribution in [3.05, 3.63) is 65.6 Å². The standard InChI is InChI=1S/C22H21F3N4O4/c1-11-7-14-9-17(12(2)29-20(30)16(10-26)19-27-5-4-6-28-19)33-18(14)15(8-11)21(31)32-13(3)22(23,24)25/h4-10,12-13H,26H2,1-3H3,(H,29,30)/b16-10+/t12?,13-/m0/s1. The van der Waals surface area contributed by atoms with E-state index in [-0.39, 0.29) is 28.3 Å². The number of halogens is 3. The third-order valence-electron chi connectivity index (χ3n) is 4.74. The zero-order valence-electron chi connectivity index (χ0n) is 17.9. The smallest absolute Gasteiger partial charge is 0.425 e. The van der Waals surface area contributed by atoms with Crippen LogP contribution in [0.15, 0.2) is 47.3 Å². The first-order valence-electron chi connectivity index (χ1n) is 9.83. The van der Waals surface area contributed by atoms with Crippen molar-refractivity contribution in [1.29, 1.82) is 0 Å². The maximum absolute atomic E-state index is 12.8. The van der Waals surface area contributed by atoms with E-state index < -0.39 is 30.2 Å². The monoisotopic (exact) mass is 462 g/mol. The number of furan rings is 1. The van der Waals surface area contributed by atoms with Gasteiger partial charge in [-0.3, -0.25) is 4.79 Å². The van der Waals surface area contributed by atoms with Crippen molar-refractivity contribution in [2.75, 3.05) is 0 Å². The molecular formula is C22H21F3N4O4. The van der Waals surface area contributed by atoms with E-state index in [4.69, 9.17) is 10.2 Å². The van der Waals surface area contributed by atoms with Crippen LogP contribution in [-0.4, -0.2) is 34.1 Å². The molecule has 0 saturated heterocycles. The predicted molar refractivity (Wildman–Crippen MR) is 113 cm³/mol. The van der Waals surface area contributed by atoms with E-state index in [2.05, 4.69) is 20.0 Å². The lowest BCUT2D eigenvalue weighted by atomic mass is 10.1. The molecule has 0 radical (unpaired) electrons. The first-order chi connectivity index (χ1) is 15.5. The van der Waals surface area contributed by atoms with Crippen LogP contribution in [0.5, 0.6) is 0 Å². The second-order valence-corrected chi connectivity index (χ2v) is 7.32. The highest BCUT2D eigenvalue weighted by atomic mass is 19.4. The van der Waals surface area contributed by atoms with E-state index in [1.54, 1.807) is 32.0 Å². The Morgan fingerprint density at radius 3 is 2.45 bits per heavy atom. The molecule has 11 heteroatoms. The summed E-state index contributed by atoms with van der Waals surface area (Å²) in [6.45, 7) is 4.06. The summed E-state index contributed by atoms with van der Waals surface area (Å²) in [5, 5.41) is 3.17. The first-order valence-corrected chi connectivity index (χ1v) is 9.83. The van der Waals surface area contributed by atoms with Gasteiger partial charge in [-0.15, -0.1) is 0 Å². The molecule has 1 unspecified atom stereocenters. The number of fused-ring (bicyclic) bond motifs is 1. The first kappa shape index (κ1) is 23.8. The summed E-state index contributed by atoms with van der Waals surface area (Å²) in [6, 6.07) is 5.58. The van der Waals surface area contributed by atoms with E-state index >= 15 is 0 Å². The Kier molecular flexibility index (Phi) is 6.70. The van der Waals surface area contributed by atoms with Crippen LogP contribution in [0, 0.1) is 6.92 Å². The number of aryl methyl sites for hydroxylation is 1. The van der Waals surface area contributed by atoms with Gasteiger partial charge in [-0.1, -0.05) is 0 Å². The van der Waals surface area contributed by atoms with Gasteiger partial charge < -0.3 is 20.2 Å². The average molecular weight is 462 g/mol. The quantitative estimate of drug-likeness (QED) is 0.422. The summed E-state index contributed by atoms with van der Waals surface area (Å²) in [5.41, 5.74) is 6.13. The lowest BCUT2D eigenvalue weighted by molar-refractivity contribution is -0.198. The molecule has 0 aliphatic heterocycles. The number of nitrogens with two attached hydrogens (primary N) is 1. The number of rotatable bonds is 6. The van der Waals surface area contributed by atoms with Crippen LogP contribution in [0.3, 0.4) is 0 Å². The summed E-state index contributed by atoms with van der Waals surface area (Å²) in [6.07, 6.45) is -2.97. The van der Waals surface area contributed by atoms with Gasteiger partial charge in [-0.2, -0.15) is 13.2 Å². The van der Waals surface area contributed by atoms with E-state index in [0.717, 1.165) is 13.1 Å². The molecule has 0 aliphatic carbocycles. The fourth-order valence-electron chi connectivity index (χ4n) is 3.01. The molecule has 0 fully saturated rings. The highest BCUT2D eigenvalue weighted by molar-refractivity contribution is 6.18. The number of ether oxygens (including phenoxy) is 1. The van der Waals surface area contributed by atoms with Gasteiger partial charge in [0.2, 0.25) is 0 Å². The summed E-state index contributed by atoms with van der Waals surface area (Å²) in [5.74, 6) is -1.33. The highest BCUT2D eigenvalue weighted by Crippen LogP contribution is 2.30. The number of alkyl halides is 3. The summed E-state index contributed by atoms with van der Waals surface area (Å²) >= 11 is 0. The SMILES string of the molecule is Cc1cc(C(=O)O[C@@H](C)C(F)(F)F)c2oc(C(C)NC(=O)/C(=C/N)c3ncccn3)cc2c1. The van der Waals surface area contributed by atoms with Crippen molar-refractivity contribution in [2.24, 2.45) is 5.73 Å². The number of carbonyl (C=O) groups excluding carboxylic acids is 2. The third-order valence-corrected chi connectivity index (χ3v) is 4.74. The molecule has 0 saturated carbocycles. The van der Waals surface area contributed by atoms with Gasteiger partial charge in [0.15, 0.2) is 11.9 Å². The highest BCUT2D eigenvalue weighted by Gasteiger charge is 2.39. The average Bonchev–Trinajstić information content (AvgIpc) is 3.17. The normalized spacial score (nSPS) is 14.1. The molecule has 8 nitrogen and oxygen atoms in total. The van der Waals surface area contributed by atoms with Crippen molar-refractivity contribution in [2.45, 2.75) is 39.1 Å². The summed E-state index contributed by atoms with van der Waals surface area (Å²) in [7, 11) is 0. The molecule has 1 aromatic carbocycles. The van der Waals surface area contributed by atoms with Gasteiger partial charge in [0.1, 0.15) is 16.9 Å². The van der Waals surface area contributed by atoms with Gasteiger partial charge in [0.25, 0.3) is 5.91 Å². The Hall–Kier alpha value is -3.89. The number of benzene rings is 1. The number of esters is 1. The molecule has 174 valence electrons. The zero-order chi connectivity index (χ0) is 24.3. The number of aromatic nitrogens is 2. The predicted octanol–water partition coefficient (Wildman–Crippen LogP) is 3.82. The Labute approximate surface area is 186 Å². The molecule has 2 aromatic heterocycles. The van der Waals surface area contributed by atoms with Crippen molar-refractivity contribution in [1.82, 2.24) is 15.3 Å². The van der Waals surface area contributed by atoms with Gasteiger partial charge >= 0.3 is 12.1 Å². The minimum atomic E-state index is -4.69. The number of hydrogen-bond acceptors (Lipinski definition) is 7. The minimum Gasteiger partial charge on any atom is -0.458 e. The van der Waals surface area contributed by atoms with Crippen molar-refractivity contribution < 1.29 is 31.9 Å². The van der Waals surface area contributed by atoms with Gasteiger partial charge in [0, 0.05) is 24.0 Å². The van der Waals surface area contributed by atoms with Crippen LogP contribution >= 0.6 is 0 Å². The molecule has 33 heavy (non-hydrogen) atoms. The lowest BCUT2D eigenvalue weighted by Gasteiger charge is -2.16. The minimum absolute atomic E-state index is 0.0415. The molecule has 1 amide bonds. The number of carbonyl (C=O) groups is 2. The van der Waals surface area contributed by atoms with E-state index in [0.29, 0.717) is 10.9 Å². The Morgan fingerprint density at radius 2 is 1.85 bits per heavy atom. The molecule has 2 atom stereocenters.